The predicted molar refractivity (Wildman–Crippen MR) is 62.0 cm³/mol. The summed E-state index contributed by atoms with van der Waals surface area (Å²) < 4.78 is 1.86. The molecule has 1 saturated carbocycles. The van der Waals surface area contributed by atoms with Gasteiger partial charge in [0.1, 0.15) is 5.82 Å². The Morgan fingerprint density at radius 3 is 2.82 bits per heavy atom. The zero-order chi connectivity index (χ0) is 11.7. The summed E-state index contributed by atoms with van der Waals surface area (Å²) in [7, 11) is 0. The predicted octanol–water partition coefficient (Wildman–Crippen LogP) is 1.98. The van der Waals surface area contributed by atoms with E-state index in [9.17, 15) is 4.79 Å². The second-order valence-corrected chi connectivity index (χ2v) is 4.57. The average Bonchev–Trinajstić information content (AvgIpc) is 2.82. The molecule has 2 aromatic heterocycles. The molecule has 1 fully saturated rings. The summed E-state index contributed by atoms with van der Waals surface area (Å²) in [6, 6.07) is 0. The molecule has 0 aliphatic heterocycles. The van der Waals surface area contributed by atoms with Crippen LogP contribution in [0.25, 0.3) is 5.78 Å². The molecule has 0 radical (unpaired) electrons. The van der Waals surface area contributed by atoms with Gasteiger partial charge in [-0.3, -0.25) is 9.20 Å². The third-order valence-corrected chi connectivity index (χ3v) is 3.42. The van der Waals surface area contributed by atoms with E-state index in [1.165, 1.54) is 25.5 Å². The van der Waals surface area contributed by atoms with Gasteiger partial charge in [0.2, 0.25) is 0 Å². The topological polar surface area (TPSA) is 60.2 Å². The van der Waals surface area contributed by atoms with Crippen molar-refractivity contribution in [2.75, 3.05) is 0 Å². The molecule has 0 unspecified atom stereocenters. The molecule has 0 aromatic carbocycles. The van der Waals surface area contributed by atoms with Crippen LogP contribution in [-0.2, 0) is 0 Å². The lowest BCUT2D eigenvalue weighted by Gasteiger charge is -2.19. The highest BCUT2D eigenvalue weighted by molar-refractivity contribution is 5.73. The number of hydrogen-bond acceptors (Lipinski definition) is 4. The Balaban J connectivity index is 2.05. The van der Waals surface area contributed by atoms with E-state index in [1.54, 1.807) is 6.20 Å². The molecule has 2 aromatic rings. The first-order valence-corrected chi connectivity index (χ1v) is 6.04. The second kappa shape index (κ2) is 4.24. The molecule has 0 atom stereocenters. The average molecular weight is 230 g/mol. The second-order valence-electron chi connectivity index (χ2n) is 4.57. The third kappa shape index (κ3) is 1.81. The summed E-state index contributed by atoms with van der Waals surface area (Å²) in [6.07, 6.45) is 10.2. The minimum atomic E-state index is 0.461. The van der Waals surface area contributed by atoms with Gasteiger partial charge < -0.3 is 0 Å². The molecular weight excluding hydrogens is 216 g/mol. The Morgan fingerprint density at radius 1 is 1.24 bits per heavy atom. The summed E-state index contributed by atoms with van der Waals surface area (Å²) in [6.45, 7) is 0. The minimum absolute atomic E-state index is 0.461. The van der Waals surface area contributed by atoms with Crippen molar-refractivity contribution in [1.29, 1.82) is 0 Å². The molecule has 5 heteroatoms. The van der Waals surface area contributed by atoms with Gasteiger partial charge in [-0.15, -0.1) is 10.2 Å². The lowest BCUT2D eigenvalue weighted by atomic mass is 9.89. The molecule has 88 valence electrons. The first-order valence-electron chi connectivity index (χ1n) is 6.04. The van der Waals surface area contributed by atoms with E-state index in [0.29, 0.717) is 17.3 Å². The third-order valence-electron chi connectivity index (χ3n) is 3.42. The minimum Gasteiger partial charge on any atom is -0.298 e. The van der Waals surface area contributed by atoms with Gasteiger partial charge in [-0.05, 0) is 12.8 Å². The standard InChI is InChI=1S/C12H14N4O/c17-8-9-6-13-12-15-14-11(16(12)7-9)10-4-2-1-3-5-10/h6-8,10H,1-5H2. The van der Waals surface area contributed by atoms with E-state index in [2.05, 4.69) is 15.2 Å². The van der Waals surface area contributed by atoms with Crippen LogP contribution >= 0.6 is 0 Å². The lowest BCUT2D eigenvalue weighted by Crippen LogP contribution is -2.09. The van der Waals surface area contributed by atoms with Crippen LogP contribution in [0, 0.1) is 0 Å². The molecular formula is C12H14N4O. The van der Waals surface area contributed by atoms with Gasteiger partial charge in [-0.2, -0.15) is 0 Å². The Morgan fingerprint density at radius 2 is 2.06 bits per heavy atom. The molecule has 0 N–H and O–H groups in total. The van der Waals surface area contributed by atoms with Crippen molar-refractivity contribution in [2.45, 2.75) is 38.0 Å². The van der Waals surface area contributed by atoms with Crippen molar-refractivity contribution in [3.63, 3.8) is 0 Å². The summed E-state index contributed by atoms with van der Waals surface area (Å²) in [4.78, 5) is 14.9. The van der Waals surface area contributed by atoms with Crippen molar-refractivity contribution in [3.05, 3.63) is 23.8 Å². The highest BCUT2D eigenvalue weighted by atomic mass is 16.1. The fourth-order valence-corrected chi connectivity index (χ4v) is 2.52. The van der Waals surface area contributed by atoms with Crippen molar-refractivity contribution in [3.8, 4) is 0 Å². The lowest BCUT2D eigenvalue weighted by molar-refractivity contribution is 0.112. The molecule has 2 heterocycles. The van der Waals surface area contributed by atoms with Gasteiger partial charge in [-0.25, -0.2) is 4.98 Å². The Kier molecular flexibility index (Phi) is 2.59. The molecule has 5 nitrogen and oxygen atoms in total. The van der Waals surface area contributed by atoms with Crippen LogP contribution in [-0.4, -0.2) is 25.9 Å². The Hall–Kier alpha value is -1.78. The summed E-state index contributed by atoms with van der Waals surface area (Å²) in [5, 5.41) is 8.28. The van der Waals surface area contributed by atoms with E-state index in [4.69, 9.17) is 0 Å². The van der Waals surface area contributed by atoms with E-state index in [0.717, 1.165) is 25.0 Å². The van der Waals surface area contributed by atoms with Crippen LogP contribution in [0.2, 0.25) is 0 Å². The Labute approximate surface area is 98.9 Å². The van der Waals surface area contributed by atoms with Gasteiger partial charge in [0.15, 0.2) is 6.29 Å². The number of carbonyl (C=O) groups excluding carboxylic acids is 1. The van der Waals surface area contributed by atoms with Crippen molar-refractivity contribution < 1.29 is 4.79 Å². The van der Waals surface area contributed by atoms with Gasteiger partial charge in [-0.1, -0.05) is 19.3 Å². The molecule has 0 spiro atoms. The van der Waals surface area contributed by atoms with E-state index in [1.807, 2.05) is 4.40 Å². The highest BCUT2D eigenvalue weighted by Crippen LogP contribution is 2.31. The van der Waals surface area contributed by atoms with Crippen LogP contribution in [0.15, 0.2) is 12.4 Å². The SMILES string of the molecule is O=Cc1cnc2nnc(C3CCCCC3)n2c1. The normalized spacial score (nSPS) is 17.4. The zero-order valence-corrected chi connectivity index (χ0v) is 9.54. The van der Waals surface area contributed by atoms with E-state index < -0.39 is 0 Å². The first kappa shape index (κ1) is 10.4. The quantitative estimate of drug-likeness (QED) is 0.740. The Bertz CT molecular complexity index is 542. The number of carbonyl (C=O) groups is 1. The molecule has 0 bridgehead atoms. The molecule has 0 saturated heterocycles. The van der Waals surface area contributed by atoms with Gasteiger partial charge in [0.05, 0.1) is 0 Å². The fraction of sp³-hybridized carbons (Fsp3) is 0.500. The largest absolute Gasteiger partial charge is 0.298 e. The number of aldehydes is 1. The fourth-order valence-electron chi connectivity index (χ4n) is 2.52. The number of hydrogen-bond donors (Lipinski definition) is 0. The maximum absolute atomic E-state index is 10.8. The number of fused-ring (bicyclic) bond motifs is 1. The molecule has 0 amide bonds. The monoisotopic (exact) mass is 230 g/mol. The first-order chi connectivity index (χ1) is 8.38. The maximum atomic E-state index is 10.8. The van der Waals surface area contributed by atoms with Crippen molar-refractivity contribution in [1.82, 2.24) is 19.6 Å². The van der Waals surface area contributed by atoms with Gasteiger partial charge >= 0.3 is 0 Å². The van der Waals surface area contributed by atoms with Crippen LogP contribution in [0.4, 0.5) is 0 Å². The number of rotatable bonds is 2. The maximum Gasteiger partial charge on any atom is 0.254 e. The van der Waals surface area contributed by atoms with Crippen LogP contribution in [0.3, 0.4) is 0 Å². The molecule has 3 rings (SSSR count). The smallest absolute Gasteiger partial charge is 0.254 e. The number of nitrogens with zero attached hydrogens (tertiary/aromatic N) is 4. The summed E-state index contributed by atoms with van der Waals surface area (Å²) in [5.74, 6) is 1.99. The molecule has 1 aliphatic carbocycles. The van der Waals surface area contributed by atoms with Gasteiger partial charge in [0, 0.05) is 23.9 Å². The summed E-state index contributed by atoms with van der Waals surface area (Å²) >= 11 is 0. The number of aromatic nitrogens is 4. The van der Waals surface area contributed by atoms with Crippen LogP contribution in [0.1, 0.15) is 54.2 Å². The molecule has 17 heavy (non-hydrogen) atoms. The van der Waals surface area contributed by atoms with Crippen molar-refractivity contribution >= 4 is 12.1 Å². The zero-order valence-electron chi connectivity index (χ0n) is 9.54. The van der Waals surface area contributed by atoms with E-state index in [-0.39, 0.29) is 0 Å². The molecule has 1 aliphatic rings. The highest BCUT2D eigenvalue weighted by Gasteiger charge is 2.21. The van der Waals surface area contributed by atoms with Crippen molar-refractivity contribution in [2.24, 2.45) is 0 Å². The van der Waals surface area contributed by atoms with Crippen LogP contribution in [0.5, 0.6) is 0 Å². The summed E-state index contributed by atoms with van der Waals surface area (Å²) in [5.41, 5.74) is 0.564. The van der Waals surface area contributed by atoms with Gasteiger partial charge in [0.25, 0.3) is 5.78 Å². The van der Waals surface area contributed by atoms with Crippen LogP contribution < -0.4 is 0 Å². The van der Waals surface area contributed by atoms with E-state index >= 15 is 0 Å².